The van der Waals surface area contributed by atoms with E-state index in [1.807, 2.05) is 0 Å². The highest BCUT2D eigenvalue weighted by Gasteiger charge is 2.40. The third-order valence-electron chi connectivity index (χ3n) is 4.76. The second kappa shape index (κ2) is 10.8. The monoisotopic (exact) mass is 499 g/mol. The van der Waals surface area contributed by atoms with Crippen LogP contribution in [-0.2, 0) is 11.0 Å². The summed E-state index contributed by atoms with van der Waals surface area (Å²) in [7, 11) is 0. The summed E-state index contributed by atoms with van der Waals surface area (Å²) >= 11 is 7.15. The van der Waals surface area contributed by atoms with Gasteiger partial charge in [-0.1, -0.05) is 41.9 Å². The number of halogens is 7. The Bertz CT molecular complexity index is 918. The molecular weight excluding hydrogens is 480 g/mol. The lowest BCUT2D eigenvalue weighted by molar-refractivity contribution is -0.150. The summed E-state index contributed by atoms with van der Waals surface area (Å²) in [5.74, 6) is -2.42. The first-order chi connectivity index (χ1) is 14.8. The predicted octanol–water partition coefficient (Wildman–Crippen LogP) is 6.60. The summed E-state index contributed by atoms with van der Waals surface area (Å²) in [6, 6.07) is 7.12. The summed E-state index contributed by atoms with van der Waals surface area (Å²) in [5.41, 5.74) is 5.14. The fourth-order valence-corrected chi connectivity index (χ4v) is 4.29. The highest BCUT2D eigenvalue weighted by Crippen LogP contribution is 2.40. The van der Waals surface area contributed by atoms with Crippen LogP contribution in [-0.4, -0.2) is 34.8 Å². The van der Waals surface area contributed by atoms with E-state index < -0.39 is 35.8 Å². The van der Waals surface area contributed by atoms with Crippen LogP contribution in [0.3, 0.4) is 0 Å². The van der Waals surface area contributed by atoms with Gasteiger partial charge in [-0.2, -0.15) is 38.1 Å². The van der Waals surface area contributed by atoms with Gasteiger partial charge in [0.15, 0.2) is 0 Å². The van der Waals surface area contributed by atoms with Gasteiger partial charge in [0.1, 0.15) is 6.04 Å². The molecule has 2 unspecified atom stereocenters. The fourth-order valence-electron chi connectivity index (χ4n) is 2.98. The van der Waals surface area contributed by atoms with Crippen LogP contribution >= 0.6 is 23.4 Å². The molecule has 2 aromatic carbocycles. The van der Waals surface area contributed by atoms with Gasteiger partial charge in [0.2, 0.25) is 0 Å². The maximum atomic E-state index is 13.6. The van der Waals surface area contributed by atoms with E-state index in [9.17, 15) is 31.1 Å². The van der Waals surface area contributed by atoms with Crippen LogP contribution in [0.15, 0.2) is 42.5 Å². The molecule has 0 amide bonds. The Labute approximate surface area is 189 Å². The molecule has 0 aliphatic carbocycles. The number of hydrogen-bond donors (Lipinski definition) is 2. The fraction of sp³-hybridized carbons (Fsp3) is 0.381. The molecule has 3 N–H and O–H groups in total. The number of alkyl halides is 6. The summed E-state index contributed by atoms with van der Waals surface area (Å²) in [5, 5.41) is 8.56. The second-order valence-electron chi connectivity index (χ2n) is 7.04. The highest BCUT2D eigenvalue weighted by molar-refractivity contribution is 7.99. The van der Waals surface area contributed by atoms with Crippen LogP contribution in [0.25, 0.3) is 11.1 Å². The van der Waals surface area contributed by atoms with Crippen molar-refractivity contribution in [1.82, 2.24) is 0 Å². The number of thioether (sulfide) groups is 1. The van der Waals surface area contributed by atoms with Gasteiger partial charge < -0.3 is 10.8 Å². The molecule has 0 heterocycles. The van der Waals surface area contributed by atoms with E-state index in [2.05, 4.69) is 0 Å². The van der Waals surface area contributed by atoms with Crippen molar-refractivity contribution in [2.24, 2.45) is 5.73 Å². The zero-order valence-corrected chi connectivity index (χ0v) is 18.1. The minimum absolute atomic E-state index is 0.0205. The summed E-state index contributed by atoms with van der Waals surface area (Å²) in [6.07, 6.45) is -9.11. The maximum absolute atomic E-state index is 13.6. The van der Waals surface area contributed by atoms with Crippen LogP contribution in [0.4, 0.5) is 26.3 Å². The van der Waals surface area contributed by atoms with Crippen molar-refractivity contribution < 1.29 is 36.2 Å². The van der Waals surface area contributed by atoms with Gasteiger partial charge in [0, 0.05) is 10.6 Å². The van der Waals surface area contributed by atoms with Gasteiger partial charge in [-0.15, -0.1) is 0 Å². The van der Waals surface area contributed by atoms with Crippen LogP contribution in [0.5, 0.6) is 0 Å². The number of nitrogens with two attached hydrogens (primary N) is 1. The molecule has 0 aliphatic heterocycles. The normalized spacial score (nSPS) is 14.2. The Hall–Kier alpha value is -1.91. The van der Waals surface area contributed by atoms with Gasteiger partial charge in [0.05, 0.1) is 11.5 Å². The van der Waals surface area contributed by atoms with Crippen molar-refractivity contribution in [3.8, 4) is 11.1 Å². The molecule has 2 aromatic rings. The van der Waals surface area contributed by atoms with E-state index >= 15 is 0 Å². The molecule has 0 spiro atoms. The first kappa shape index (κ1) is 26.3. The van der Waals surface area contributed by atoms with E-state index in [-0.39, 0.29) is 34.7 Å². The first-order valence-corrected chi connectivity index (χ1v) is 10.9. The lowest BCUT2D eigenvalue weighted by atomic mass is 9.93. The molecule has 2 rings (SSSR count). The summed E-state index contributed by atoms with van der Waals surface area (Å²) in [6.45, 7) is 0. The van der Waals surface area contributed by atoms with E-state index in [4.69, 9.17) is 22.4 Å². The third kappa shape index (κ3) is 7.31. The average Bonchev–Trinajstić information content (AvgIpc) is 2.69. The predicted molar refractivity (Wildman–Crippen MR) is 113 cm³/mol. The number of hydrogen-bond acceptors (Lipinski definition) is 3. The molecule has 0 saturated heterocycles. The number of benzene rings is 2. The smallest absolute Gasteiger partial charge is 0.416 e. The van der Waals surface area contributed by atoms with E-state index in [0.29, 0.717) is 11.3 Å². The number of carbonyl (C=O) groups is 1. The molecule has 0 bridgehead atoms. The molecule has 0 saturated carbocycles. The second-order valence-corrected chi connectivity index (χ2v) is 8.67. The van der Waals surface area contributed by atoms with Crippen molar-refractivity contribution in [1.29, 1.82) is 0 Å². The maximum Gasteiger partial charge on any atom is 0.416 e. The van der Waals surface area contributed by atoms with Gasteiger partial charge in [-0.25, -0.2) is 0 Å². The quantitative estimate of drug-likeness (QED) is 0.301. The van der Waals surface area contributed by atoms with Crippen LogP contribution < -0.4 is 5.73 Å². The van der Waals surface area contributed by atoms with E-state index in [1.165, 1.54) is 42.1 Å². The van der Waals surface area contributed by atoms with Crippen molar-refractivity contribution in [2.45, 2.75) is 37.2 Å². The molecule has 0 aliphatic rings. The number of rotatable bonds is 9. The molecule has 32 heavy (non-hydrogen) atoms. The number of carboxylic acids is 1. The van der Waals surface area contributed by atoms with E-state index in [0.717, 1.165) is 12.1 Å². The summed E-state index contributed by atoms with van der Waals surface area (Å²) in [4.78, 5) is 10.7. The minimum atomic E-state index is -4.55. The molecule has 0 aromatic heterocycles. The lowest BCUT2D eigenvalue weighted by Crippen LogP contribution is -2.30. The van der Waals surface area contributed by atoms with Crippen molar-refractivity contribution in [3.63, 3.8) is 0 Å². The van der Waals surface area contributed by atoms with Crippen molar-refractivity contribution >= 4 is 29.3 Å². The van der Waals surface area contributed by atoms with Crippen LogP contribution in [0.2, 0.25) is 5.02 Å². The Morgan fingerprint density at radius 1 is 1.00 bits per heavy atom. The Morgan fingerprint density at radius 3 is 2.09 bits per heavy atom. The lowest BCUT2D eigenvalue weighted by Gasteiger charge is -2.21. The summed E-state index contributed by atoms with van der Waals surface area (Å²) < 4.78 is 79.0. The van der Waals surface area contributed by atoms with Crippen LogP contribution in [0, 0.1) is 0 Å². The first-order valence-electron chi connectivity index (χ1n) is 9.40. The molecule has 176 valence electrons. The zero-order chi connectivity index (χ0) is 24.1. The SMILES string of the molecule is NC(CCSCCC(c1ccc(-c2ccc(C(F)(F)F)cc2Cl)cc1)C(F)(F)F)C(=O)O. The van der Waals surface area contributed by atoms with Gasteiger partial charge >= 0.3 is 18.3 Å². The van der Waals surface area contributed by atoms with Gasteiger partial charge in [-0.3, -0.25) is 4.79 Å². The van der Waals surface area contributed by atoms with Gasteiger partial charge in [0.25, 0.3) is 0 Å². The average molecular weight is 500 g/mol. The Kier molecular flexibility index (Phi) is 8.90. The topological polar surface area (TPSA) is 63.3 Å². The third-order valence-corrected chi connectivity index (χ3v) is 6.12. The molecule has 2 atom stereocenters. The number of carboxylic acid groups (broad SMARTS) is 1. The van der Waals surface area contributed by atoms with Crippen molar-refractivity contribution in [2.75, 3.05) is 11.5 Å². The minimum Gasteiger partial charge on any atom is -0.480 e. The largest absolute Gasteiger partial charge is 0.480 e. The van der Waals surface area contributed by atoms with Gasteiger partial charge in [-0.05, 0) is 47.6 Å². The highest BCUT2D eigenvalue weighted by atomic mass is 35.5. The standard InChI is InChI=1S/C21H20ClF6NO2S/c22-17-11-14(20(23,24)25)5-6-15(17)12-1-3-13(4-2-12)16(21(26,27)28)7-9-32-10-8-18(29)19(30)31/h1-6,11,16,18H,7-10,29H2,(H,30,31). The molecule has 3 nitrogen and oxygen atoms in total. The molecular formula is C21H20ClF6NO2S. The number of aliphatic carboxylic acids is 1. The molecule has 11 heteroatoms. The zero-order valence-electron chi connectivity index (χ0n) is 16.5. The van der Waals surface area contributed by atoms with E-state index in [1.54, 1.807) is 0 Å². The van der Waals surface area contributed by atoms with Crippen LogP contribution in [0.1, 0.15) is 29.9 Å². The molecule has 0 fully saturated rings. The Morgan fingerprint density at radius 2 is 1.59 bits per heavy atom. The Balaban J connectivity index is 2.09. The molecule has 0 radical (unpaired) electrons. The van der Waals surface area contributed by atoms with Crippen molar-refractivity contribution in [3.05, 3.63) is 58.6 Å².